The molecule has 0 bridgehead atoms. The maximum atomic E-state index is 12.9. The number of carbonyl (C=O) groups excluding carboxylic acids is 1. The van der Waals surface area contributed by atoms with Crippen LogP contribution in [0, 0.1) is 13.8 Å². The minimum Gasteiger partial charge on any atom is -0.487 e. The van der Waals surface area contributed by atoms with Crippen LogP contribution in [-0.2, 0) is 16.1 Å². The molecule has 6 heteroatoms. The fourth-order valence-corrected chi connectivity index (χ4v) is 3.82. The zero-order valence-electron chi connectivity index (χ0n) is 16.9. The van der Waals surface area contributed by atoms with Gasteiger partial charge in [0.05, 0.1) is 16.8 Å². The molecule has 3 heterocycles. The topological polar surface area (TPSA) is 61.3 Å². The highest BCUT2D eigenvalue weighted by Gasteiger charge is 2.43. The van der Waals surface area contributed by atoms with E-state index in [-0.39, 0.29) is 5.78 Å². The standard InChI is InChI=1S/C23H22N2O3S/c1-14-9-15(2)18(24-10-14)11-27-17-7-5-16(6-8-17)20-21(19-12-29-13-25-19)28-23(3,4)22(20)26/h5-10,12-13H,11H2,1-4H3. The first kappa shape index (κ1) is 19.3. The molecule has 29 heavy (non-hydrogen) atoms. The average Bonchev–Trinajstić information content (AvgIpc) is 3.29. The Morgan fingerprint density at radius 2 is 1.90 bits per heavy atom. The molecule has 0 aliphatic carbocycles. The van der Waals surface area contributed by atoms with Crippen molar-refractivity contribution in [1.29, 1.82) is 0 Å². The van der Waals surface area contributed by atoms with Gasteiger partial charge in [-0.3, -0.25) is 9.78 Å². The SMILES string of the molecule is Cc1cnc(COc2ccc(C3=C(c4cscn4)OC(C)(C)C3=O)cc2)c(C)c1. The maximum Gasteiger partial charge on any atom is 0.210 e. The van der Waals surface area contributed by atoms with Crippen molar-refractivity contribution in [1.82, 2.24) is 9.97 Å². The summed E-state index contributed by atoms with van der Waals surface area (Å²) in [6, 6.07) is 9.59. The second kappa shape index (κ2) is 7.44. The van der Waals surface area contributed by atoms with Crippen molar-refractivity contribution in [2.24, 2.45) is 0 Å². The third-order valence-electron chi connectivity index (χ3n) is 4.87. The number of rotatable bonds is 5. The Labute approximate surface area is 174 Å². The molecule has 4 rings (SSSR count). The van der Waals surface area contributed by atoms with Crippen molar-refractivity contribution in [3.8, 4) is 5.75 Å². The third kappa shape index (κ3) is 3.80. The molecule has 5 nitrogen and oxygen atoms in total. The lowest BCUT2D eigenvalue weighted by molar-refractivity contribution is -0.125. The molecule has 0 spiro atoms. The lowest BCUT2D eigenvalue weighted by atomic mass is 9.93. The number of pyridine rings is 1. The second-order valence-corrected chi connectivity index (χ2v) is 8.33. The zero-order chi connectivity index (χ0) is 20.6. The molecule has 0 saturated carbocycles. The smallest absolute Gasteiger partial charge is 0.210 e. The second-order valence-electron chi connectivity index (χ2n) is 7.61. The molecule has 0 amide bonds. The van der Waals surface area contributed by atoms with E-state index in [9.17, 15) is 4.79 Å². The number of aryl methyl sites for hydroxylation is 2. The fourth-order valence-electron chi connectivity index (χ4n) is 3.29. The van der Waals surface area contributed by atoms with E-state index < -0.39 is 5.60 Å². The van der Waals surface area contributed by atoms with E-state index in [2.05, 4.69) is 16.0 Å². The number of benzene rings is 1. The average molecular weight is 407 g/mol. The number of hydrogen-bond acceptors (Lipinski definition) is 6. The fraction of sp³-hybridized carbons (Fsp3) is 0.261. The van der Waals surface area contributed by atoms with Gasteiger partial charge in [-0.05, 0) is 56.5 Å². The van der Waals surface area contributed by atoms with Crippen LogP contribution in [0.5, 0.6) is 5.75 Å². The maximum absolute atomic E-state index is 12.9. The summed E-state index contributed by atoms with van der Waals surface area (Å²) in [6.07, 6.45) is 1.84. The van der Waals surface area contributed by atoms with Gasteiger partial charge in [0.1, 0.15) is 18.1 Å². The van der Waals surface area contributed by atoms with Crippen molar-refractivity contribution in [3.05, 3.63) is 75.5 Å². The lowest BCUT2D eigenvalue weighted by Crippen LogP contribution is -2.29. The summed E-state index contributed by atoms with van der Waals surface area (Å²) in [7, 11) is 0. The van der Waals surface area contributed by atoms with E-state index in [0.29, 0.717) is 23.6 Å². The van der Waals surface area contributed by atoms with Crippen LogP contribution in [0.15, 0.2) is 47.4 Å². The van der Waals surface area contributed by atoms with Gasteiger partial charge in [0.25, 0.3) is 0 Å². The molecule has 3 aromatic rings. The molecule has 0 saturated heterocycles. The summed E-state index contributed by atoms with van der Waals surface area (Å²) >= 11 is 1.47. The quantitative estimate of drug-likeness (QED) is 0.598. The van der Waals surface area contributed by atoms with Crippen LogP contribution in [0.3, 0.4) is 0 Å². The molecule has 148 valence electrons. The minimum absolute atomic E-state index is 0.0475. The largest absolute Gasteiger partial charge is 0.487 e. The predicted molar refractivity (Wildman–Crippen MR) is 114 cm³/mol. The Morgan fingerprint density at radius 1 is 1.14 bits per heavy atom. The van der Waals surface area contributed by atoms with Crippen molar-refractivity contribution < 1.29 is 14.3 Å². The molecule has 1 aliphatic heterocycles. The molecule has 1 aromatic carbocycles. The molecule has 0 fully saturated rings. The first-order valence-electron chi connectivity index (χ1n) is 9.37. The van der Waals surface area contributed by atoms with E-state index in [1.165, 1.54) is 11.3 Å². The van der Waals surface area contributed by atoms with E-state index in [0.717, 1.165) is 28.1 Å². The number of Topliss-reactive ketones (excluding diaryl/α,β-unsaturated/α-hetero) is 1. The monoisotopic (exact) mass is 406 g/mol. The van der Waals surface area contributed by atoms with E-state index >= 15 is 0 Å². The van der Waals surface area contributed by atoms with Crippen molar-refractivity contribution in [3.63, 3.8) is 0 Å². The summed E-state index contributed by atoms with van der Waals surface area (Å²) < 4.78 is 11.9. The van der Waals surface area contributed by atoms with Crippen LogP contribution in [0.2, 0.25) is 0 Å². The van der Waals surface area contributed by atoms with Crippen LogP contribution in [0.4, 0.5) is 0 Å². The zero-order valence-corrected chi connectivity index (χ0v) is 17.7. The van der Waals surface area contributed by atoms with Crippen molar-refractivity contribution >= 4 is 28.5 Å². The number of nitrogens with zero attached hydrogens (tertiary/aromatic N) is 2. The van der Waals surface area contributed by atoms with Crippen molar-refractivity contribution in [2.45, 2.75) is 39.9 Å². The van der Waals surface area contributed by atoms with Gasteiger partial charge in [-0.1, -0.05) is 18.2 Å². The van der Waals surface area contributed by atoms with Gasteiger partial charge in [-0.25, -0.2) is 4.98 Å². The Balaban J connectivity index is 1.58. The highest BCUT2D eigenvalue weighted by molar-refractivity contribution is 7.07. The van der Waals surface area contributed by atoms with Crippen LogP contribution >= 0.6 is 11.3 Å². The normalized spacial score (nSPS) is 15.5. The van der Waals surface area contributed by atoms with Gasteiger partial charge in [0, 0.05) is 11.6 Å². The summed E-state index contributed by atoms with van der Waals surface area (Å²) in [6.45, 7) is 8.01. The molecule has 0 unspecified atom stereocenters. The van der Waals surface area contributed by atoms with Crippen LogP contribution in [-0.4, -0.2) is 21.4 Å². The van der Waals surface area contributed by atoms with Crippen LogP contribution in [0.25, 0.3) is 11.3 Å². The predicted octanol–water partition coefficient (Wildman–Crippen LogP) is 4.98. The molecule has 1 aliphatic rings. The van der Waals surface area contributed by atoms with E-state index in [4.69, 9.17) is 9.47 Å². The Morgan fingerprint density at radius 3 is 2.55 bits per heavy atom. The summed E-state index contributed by atoms with van der Waals surface area (Å²) in [5.74, 6) is 1.21. The van der Waals surface area contributed by atoms with E-state index in [1.54, 1.807) is 19.4 Å². The number of thiazole rings is 1. The lowest BCUT2D eigenvalue weighted by Gasteiger charge is -2.17. The number of hydrogen-bond donors (Lipinski definition) is 0. The molecule has 2 aromatic heterocycles. The first-order valence-corrected chi connectivity index (χ1v) is 10.3. The van der Waals surface area contributed by atoms with Gasteiger partial charge in [-0.2, -0.15) is 0 Å². The van der Waals surface area contributed by atoms with Crippen LogP contribution < -0.4 is 4.74 Å². The number of ether oxygens (including phenoxy) is 2. The summed E-state index contributed by atoms with van der Waals surface area (Å²) in [5, 5.41) is 1.89. The Kier molecular flexibility index (Phi) is 4.96. The number of ketones is 1. The molecule has 0 N–H and O–H groups in total. The molecular weight excluding hydrogens is 384 g/mol. The van der Waals surface area contributed by atoms with Gasteiger partial charge in [0.15, 0.2) is 11.4 Å². The third-order valence-corrected chi connectivity index (χ3v) is 5.45. The molecule has 0 atom stereocenters. The van der Waals surface area contributed by atoms with Crippen molar-refractivity contribution in [2.75, 3.05) is 0 Å². The first-order chi connectivity index (χ1) is 13.8. The highest BCUT2D eigenvalue weighted by Crippen LogP contribution is 2.41. The van der Waals surface area contributed by atoms with Gasteiger partial charge in [-0.15, -0.1) is 11.3 Å². The molecule has 0 radical (unpaired) electrons. The number of carbonyl (C=O) groups is 1. The number of aromatic nitrogens is 2. The minimum atomic E-state index is -0.905. The Hall–Kier alpha value is -2.99. The Bertz CT molecular complexity index is 1080. The summed E-state index contributed by atoms with van der Waals surface area (Å²) in [5.41, 5.74) is 6.01. The highest BCUT2D eigenvalue weighted by atomic mass is 32.1. The van der Waals surface area contributed by atoms with Gasteiger partial charge in [0.2, 0.25) is 5.78 Å². The van der Waals surface area contributed by atoms with Crippen LogP contribution in [0.1, 0.15) is 41.9 Å². The van der Waals surface area contributed by atoms with Gasteiger partial charge >= 0.3 is 0 Å². The molecular formula is C23H22N2O3S. The van der Waals surface area contributed by atoms with Gasteiger partial charge < -0.3 is 9.47 Å². The summed E-state index contributed by atoms with van der Waals surface area (Å²) in [4.78, 5) is 21.7. The van der Waals surface area contributed by atoms with E-state index in [1.807, 2.05) is 49.7 Å².